The average molecular weight is 358 g/mol. The van der Waals surface area contributed by atoms with E-state index in [2.05, 4.69) is 27.8 Å². The number of aliphatic hydroxyl groups is 1. The molecule has 1 heterocycles. The minimum absolute atomic E-state index is 0.140. The predicted octanol–water partition coefficient (Wildman–Crippen LogP) is 2.25. The average Bonchev–Trinajstić information content (AvgIpc) is 2.49. The third-order valence-electron chi connectivity index (χ3n) is 3.99. The number of rotatable bonds is 5. The molecule has 1 atom stereocenters. The summed E-state index contributed by atoms with van der Waals surface area (Å²) in [5, 5.41) is 20.5. The number of nitrogens with zero attached hydrogens (tertiary/aromatic N) is 3. The molecular weight excluding hydrogens is 338 g/mol. The first-order chi connectivity index (χ1) is 10.1. The van der Waals surface area contributed by atoms with E-state index in [9.17, 15) is 15.2 Å². The molecule has 1 aromatic carbocycles. The summed E-state index contributed by atoms with van der Waals surface area (Å²) in [6, 6.07) is 5.21. The van der Waals surface area contributed by atoms with Gasteiger partial charge in [0.1, 0.15) is 5.69 Å². The van der Waals surface area contributed by atoms with Crippen LogP contribution >= 0.6 is 15.9 Å². The van der Waals surface area contributed by atoms with E-state index < -0.39 is 0 Å². The van der Waals surface area contributed by atoms with Crippen molar-refractivity contribution in [3.05, 3.63) is 32.8 Å². The standard InChI is InChI=1S/C14H20BrN3O3/c1-2-12(10-19)16-5-7-17(8-6-16)14-9-11(15)3-4-13(14)18(20)21/h3-4,9,12,19H,2,5-8,10H2,1H3. The lowest BCUT2D eigenvalue weighted by Gasteiger charge is -2.39. The lowest BCUT2D eigenvalue weighted by atomic mass is 10.1. The fraction of sp³-hybridized carbons (Fsp3) is 0.571. The maximum Gasteiger partial charge on any atom is 0.292 e. The fourth-order valence-electron chi connectivity index (χ4n) is 2.73. The second kappa shape index (κ2) is 7.20. The van der Waals surface area contributed by atoms with E-state index in [1.165, 1.54) is 6.07 Å². The molecule has 7 heteroatoms. The third kappa shape index (κ3) is 3.72. The Bertz CT molecular complexity index is 500. The lowest BCUT2D eigenvalue weighted by Crippen LogP contribution is -2.51. The highest BCUT2D eigenvalue weighted by Crippen LogP contribution is 2.32. The van der Waals surface area contributed by atoms with Crippen LogP contribution in [-0.2, 0) is 0 Å². The molecule has 1 aliphatic heterocycles. The van der Waals surface area contributed by atoms with E-state index in [1.54, 1.807) is 12.1 Å². The summed E-state index contributed by atoms with van der Waals surface area (Å²) in [5.41, 5.74) is 0.798. The number of aliphatic hydroxyl groups excluding tert-OH is 1. The van der Waals surface area contributed by atoms with Gasteiger partial charge in [-0.2, -0.15) is 0 Å². The van der Waals surface area contributed by atoms with Gasteiger partial charge in [-0.05, 0) is 18.6 Å². The zero-order valence-corrected chi connectivity index (χ0v) is 13.6. The molecule has 6 nitrogen and oxygen atoms in total. The van der Waals surface area contributed by atoms with Gasteiger partial charge in [0, 0.05) is 42.8 Å². The molecule has 1 unspecified atom stereocenters. The van der Waals surface area contributed by atoms with Crippen molar-refractivity contribution >= 4 is 27.3 Å². The highest BCUT2D eigenvalue weighted by molar-refractivity contribution is 9.10. The summed E-state index contributed by atoms with van der Waals surface area (Å²) in [7, 11) is 0. The summed E-state index contributed by atoms with van der Waals surface area (Å²) in [6.07, 6.45) is 0.910. The van der Waals surface area contributed by atoms with E-state index in [0.717, 1.165) is 37.1 Å². The van der Waals surface area contributed by atoms with Crippen molar-refractivity contribution in [1.29, 1.82) is 0 Å². The van der Waals surface area contributed by atoms with Crippen LogP contribution < -0.4 is 4.90 Å². The fourth-order valence-corrected chi connectivity index (χ4v) is 3.08. The van der Waals surface area contributed by atoms with Crippen molar-refractivity contribution in [3.8, 4) is 0 Å². The van der Waals surface area contributed by atoms with Gasteiger partial charge in [0.25, 0.3) is 5.69 Å². The minimum Gasteiger partial charge on any atom is -0.395 e. The number of halogens is 1. The normalized spacial score (nSPS) is 17.8. The van der Waals surface area contributed by atoms with Crippen molar-refractivity contribution in [2.75, 3.05) is 37.7 Å². The van der Waals surface area contributed by atoms with Crippen LogP contribution in [-0.4, -0.2) is 53.8 Å². The largest absolute Gasteiger partial charge is 0.395 e. The minimum atomic E-state index is -0.337. The third-order valence-corrected chi connectivity index (χ3v) is 4.48. The van der Waals surface area contributed by atoms with Crippen molar-refractivity contribution in [2.24, 2.45) is 0 Å². The molecule has 0 aliphatic carbocycles. The molecule has 0 aromatic heterocycles. The van der Waals surface area contributed by atoms with Gasteiger partial charge in [0.05, 0.1) is 11.5 Å². The molecule has 0 spiro atoms. The van der Waals surface area contributed by atoms with Gasteiger partial charge in [-0.15, -0.1) is 0 Å². The quantitative estimate of drug-likeness (QED) is 0.646. The highest BCUT2D eigenvalue weighted by Gasteiger charge is 2.26. The van der Waals surface area contributed by atoms with E-state index in [4.69, 9.17) is 0 Å². The zero-order valence-electron chi connectivity index (χ0n) is 12.0. The van der Waals surface area contributed by atoms with E-state index >= 15 is 0 Å². The highest BCUT2D eigenvalue weighted by atomic mass is 79.9. The molecule has 1 N–H and O–H groups in total. The van der Waals surface area contributed by atoms with Crippen molar-refractivity contribution in [2.45, 2.75) is 19.4 Å². The smallest absolute Gasteiger partial charge is 0.292 e. The molecule has 1 saturated heterocycles. The molecule has 1 fully saturated rings. The number of benzene rings is 1. The van der Waals surface area contributed by atoms with Crippen LogP contribution in [0.1, 0.15) is 13.3 Å². The Morgan fingerprint density at radius 2 is 2.05 bits per heavy atom. The number of piperazine rings is 1. The van der Waals surface area contributed by atoms with Crippen LogP contribution in [0, 0.1) is 10.1 Å². The first-order valence-corrected chi connectivity index (χ1v) is 7.90. The topological polar surface area (TPSA) is 69.8 Å². The molecule has 116 valence electrons. The summed E-state index contributed by atoms with van der Waals surface area (Å²) in [4.78, 5) is 15.1. The Hall–Kier alpha value is -1.18. The van der Waals surface area contributed by atoms with Crippen LogP contribution in [0.25, 0.3) is 0 Å². The molecule has 0 saturated carbocycles. The Labute approximate surface area is 132 Å². The molecule has 0 amide bonds. The van der Waals surface area contributed by atoms with Gasteiger partial charge in [-0.1, -0.05) is 22.9 Å². The molecule has 1 aliphatic rings. The van der Waals surface area contributed by atoms with Crippen molar-refractivity contribution in [1.82, 2.24) is 4.90 Å². The second-order valence-electron chi connectivity index (χ2n) is 5.16. The van der Waals surface area contributed by atoms with Gasteiger partial charge in [0.15, 0.2) is 0 Å². The van der Waals surface area contributed by atoms with Gasteiger partial charge in [-0.3, -0.25) is 15.0 Å². The molecule has 2 rings (SSSR count). The Balaban J connectivity index is 2.12. The summed E-state index contributed by atoms with van der Waals surface area (Å²) < 4.78 is 0.840. The Morgan fingerprint density at radius 3 is 2.57 bits per heavy atom. The van der Waals surface area contributed by atoms with Gasteiger partial charge in [-0.25, -0.2) is 0 Å². The van der Waals surface area contributed by atoms with E-state index in [-0.39, 0.29) is 23.3 Å². The first-order valence-electron chi connectivity index (χ1n) is 7.10. The number of anilines is 1. The van der Waals surface area contributed by atoms with Crippen LogP contribution in [0.4, 0.5) is 11.4 Å². The van der Waals surface area contributed by atoms with E-state index in [0.29, 0.717) is 5.69 Å². The molecule has 0 bridgehead atoms. The summed E-state index contributed by atoms with van der Waals surface area (Å²) in [5.74, 6) is 0. The monoisotopic (exact) mass is 357 g/mol. The van der Waals surface area contributed by atoms with Gasteiger partial charge >= 0.3 is 0 Å². The van der Waals surface area contributed by atoms with Crippen LogP contribution in [0.3, 0.4) is 0 Å². The molecule has 1 aromatic rings. The van der Waals surface area contributed by atoms with Crippen molar-refractivity contribution in [3.63, 3.8) is 0 Å². The number of nitro groups is 1. The Morgan fingerprint density at radius 1 is 1.38 bits per heavy atom. The van der Waals surface area contributed by atoms with Crippen LogP contribution in [0.5, 0.6) is 0 Å². The number of hydrogen-bond acceptors (Lipinski definition) is 5. The van der Waals surface area contributed by atoms with Crippen LogP contribution in [0.2, 0.25) is 0 Å². The number of nitro benzene ring substituents is 1. The number of hydrogen-bond donors (Lipinski definition) is 1. The maximum absolute atomic E-state index is 11.2. The lowest BCUT2D eigenvalue weighted by molar-refractivity contribution is -0.384. The van der Waals surface area contributed by atoms with Crippen LogP contribution in [0.15, 0.2) is 22.7 Å². The molecule has 21 heavy (non-hydrogen) atoms. The van der Waals surface area contributed by atoms with E-state index in [1.807, 2.05) is 4.90 Å². The maximum atomic E-state index is 11.2. The molecular formula is C14H20BrN3O3. The SMILES string of the molecule is CCC(CO)N1CCN(c2cc(Br)ccc2[N+](=O)[O-])CC1. The van der Waals surface area contributed by atoms with Gasteiger partial charge < -0.3 is 10.0 Å². The predicted molar refractivity (Wildman–Crippen MR) is 85.7 cm³/mol. The van der Waals surface area contributed by atoms with Gasteiger partial charge in [0.2, 0.25) is 0 Å². The summed E-state index contributed by atoms with van der Waals surface area (Å²) in [6.45, 7) is 5.30. The Kier molecular flexibility index (Phi) is 5.55. The summed E-state index contributed by atoms with van der Waals surface area (Å²) >= 11 is 3.38. The van der Waals surface area contributed by atoms with Crippen molar-refractivity contribution < 1.29 is 10.0 Å². The first kappa shape index (κ1) is 16.2. The second-order valence-corrected chi connectivity index (χ2v) is 6.07. The zero-order chi connectivity index (χ0) is 15.4. The molecule has 0 radical (unpaired) electrons.